The number of anilines is 1. The minimum absolute atomic E-state index is 0.158. The highest BCUT2D eigenvalue weighted by atomic mass is 16.5. The number of methoxy groups -OCH3 is 1. The molecule has 0 bridgehead atoms. The van der Waals surface area contributed by atoms with Gasteiger partial charge >= 0.3 is 0 Å². The number of fused-ring (bicyclic) bond motifs is 1. The van der Waals surface area contributed by atoms with Crippen molar-refractivity contribution in [1.82, 2.24) is 5.43 Å². The lowest BCUT2D eigenvalue weighted by molar-refractivity contribution is -0.119. The van der Waals surface area contributed by atoms with Crippen LogP contribution in [0, 0.1) is 6.92 Å². The lowest BCUT2D eigenvalue weighted by Crippen LogP contribution is -2.26. The predicted molar refractivity (Wildman–Crippen MR) is 106 cm³/mol. The largest absolute Gasteiger partial charge is 0.496 e. The van der Waals surface area contributed by atoms with Crippen molar-refractivity contribution in [2.24, 2.45) is 5.10 Å². The second-order valence-electron chi connectivity index (χ2n) is 5.86. The molecular formula is C21H21N3O2. The minimum atomic E-state index is -0.206. The first-order chi connectivity index (χ1) is 12.7. The van der Waals surface area contributed by atoms with Crippen molar-refractivity contribution in [3.8, 4) is 5.75 Å². The molecule has 5 heteroatoms. The normalized spacial score (nSPS) is 10.8. The summed E-state index contributed by atoms with van der Waals surface area (Å²) in [5.74, 6) is 0.603. The first-order valence-electron chi connectivity index (χ1n) is 8.36. The highest BCUT2D eigenvalue weighted by Gasteiger charge is 2.05. The average molecular weight is 347 g/mol. The van der Waals surface area contributed by atoms with Crippen LogP contribution in [-0.4, -0.2) is 25.8 Å². The fourth-order valence-electron chi connectivity index (χ4n) is 2.75. The van der Waals surface area contributed by atoms with E-state index < -0.39 is 0 Å². The van der Waals surface area contributed by atoms with E-state index in [1.165, 1.54) is 0 Å². The maximum Gasteiger partial charge on any atom is 0.259 e. The van der Waals surface area contributed by atoms with Gasteiger partial charge in [0.05, 0.1) is 19.9 Å². The van der Waals surface area contributed by atoms with Gasteiger partial charge in [0.2, 0.25) is 0 Å². The molecule has 0 fully saturated rings. The highest BCUT2D eigenvalue weighted by Crippen LogP contribution is 2.27. The number of ether oxygens (including phenoxy) is 1. The van der Waals surface area contributed by atoms with Gasteiger partial charge in [-0.2, -0.15) is 5.10 Å². The Kier molecular flexibility index (Phi) is 5.49. The quantitative estimate of drug-likeness (QED) is 0.528. The van der Waals surface area contributed by atoms with Gasteiger partial charge in [0.25, 0.3) is 5.91 Å². The Labute approximate surface area is 152 Å². The van der Waals surface area contributed by atoms with Crippen LogP contribution in [0.4, 0.5) is 5.69 Å². The molecule has 0 saturated heterocycles. The van der Waals surface area contributed by atoms with Crippen molar-refractivity contribution >= 4 is 28.6 Å². The number of para-hydroxylation sites is 1. The van der Waals surface area contributed by atoms with Gasteiger partial charge < -0.3 is 10.1 Å². The van der Waals surface area contributed by atoms with Gasteiger partial charge in [-0.25, -0.2) is 5.43 Å². The summed E-state index contributed by atoms with van der Waals surface area (Å²) in [5, 5.41) is 9.20. The third-order valence-corrected chi connectivity index (χ3v) is 4.12. The van der Waals surface area contributed by atoms with E-state index in [1.807, 2.05) is 67.6 Å². The zero-order valence-electron chi connectivity index (χ0n) is 14.8. The Balaban J connectivity index is 1.64. The van der Waals surface area contributed by atoms with E-state index in [2.05, 4.69) is 15.8 Å². The zero-order valence-corrected chi connectivity index (χ0v) is 14.8. The summed E-state index contributed by atoms with van der Waals surface area (Å²) in [6.07, 6.45) is 1.65. The van der Waals surface area contributed by atoms with E-state index >= 15 is 0 Å². The van der Waals surface area contributed by atoms with Crippen LogP contribution in [0.15, 0.2) is 65.8 Å². The van der Waals surface area contributed by atoms with E-state index in [9.17, 15) is 4.79 Å². The number of hydrogen-bond acceptors (Lipinski definition) is 4. The number of rotatable bonds is 6. The lowest BCUT2D eigenvalue weighted by atomic mass is 10.0. The monoisotopic (exact) mass is 347 g/mol. The van der Waals surface area contributed by atoms with Crippen molar-refractivity contribution < 1.29 is 9.53 Å². The molecule has 132 valence electrons. The number of carbonyl (C=O) groups excluding carboxylic acids is 1. The number of nitrogens with zero attached hydrogens (tertiary/aromatic N) is 1. The van der Waals surface area contributed by atoms with E-state index in [0.717, 1.165) is 33.3 Å². The standard InChI is InChI=1S/C21H21N3O2/c1-15-7-3-6-10-19(15)22-14-21(25)24-23-13-16-11-12-20(26-2)18-9-5-4-8-17(16)18/h3-13,22H,14H2,1-2H3,(H,24,25). The molecule has 0 aromatic heterocycles. The maximum absolute atomic E-state index is 12.0. The van der Waals surface area contributed by atoms with Gasteiger partial charge in [0, 0.05) is 16.6 Å². The molecule has 0 aliphatic rings. The average Bonchev–Trinajstić information content (AvgIpc) is 2.67. The summed E-state index contributed by atoms with van der Waals surface area (Å²) in [5.41, 5.74) is 5.49. The zero-order chi connectivity index (χ0) is 18.4. The molecule has 0 heterocycles. The van der Waals surface area contributed by atoms with Crippen molar-refractivity contribution in [3.05, 3.63) is 71.8 Å². The molecule has 3 rings (SSSR count). The second kappa shape index (κ2) is 8.16. The van der Waals surface area contributed by atoms with Crippen LogP contribution in [0.5, 0.6) is 5.75 Å². The second-order valence-corrected chi connectivity index (χ2v) is 5.86. The van der Waals surface area contributed by atoms with E-state index in [0.29, 0.717) is 0 Å². The fraction of sp³-hybridized carbons (Fsp3) is 0.143. The SMILES string of the molecule is COc1ccc(C=NNC(=O)CNc2ccccc2C)c2ccccc12. The van der Waals surface area contributed by atoms with E-state index in [-0.39, 0.29) is 12.5 Å². The predicted octanol–water partition coefficient (Wildman–Crippen LogP) is 3.72. The first kappa shape index (κ1) is 17.5. The maximum atomic E-state index is 12.0. The molecule has 0 aliphatic heterocycles. The molecule has 5 nitrogen and oxygen atoms in total. The number of nitrogens with one attached hydrogen (secondary N) is 2. The number of benzene rings is 3. The fourth-order valence-corrected chi connectivity index (χ4v) is 2.75. The molecule has 2 N–H and O–H groups in total. The molecule has 0 saturated carbocycles. The topological polar surface area (TPSA) is 62.7 Å². The molecular weight excluding hydrogens is 326 g/mol. The third kappa shape index (κ3) is 4.00. The summed E-state index contributed by atoms with van der Waals surface area (Å²) in [6, 6.07) is 19.6. The smallest absolute Gasteiger partial charge is 0.259 e. The van der Waals surface area contributed by atoms with Crippen LogP contribution in [0.2, 0.25) is 0 Å². The molecule has 3 aromatic rings. The number of hydrazone groups is 1. The molecule has 0 atom stereocenters. The summed E-state index contributed by atoms with van der Waals surface area (Å²) < 4.78 is 5.39. The number of carbonyl (C=O) groups is 1. The third-order valence-electron chi connectivity index (χ3n) is 4.12. The van der Waals surface area contributed by atoms with Crippen LogP contribution in [0.25, 0.3) is 10.8 Å². The molecule has 0 unspecified atom stereocenters. The Bertz CT molecular complexity index is 951. The molecule has 3 aromatic carbocycles. The van der Waals surface area contributed by atoms with Gasteiger partial charge in [-0.05, 0) is 36.1 Å². The van der Waals surface area contributed by atoms with Gasteiger partial charge in [0.15, 0.2) is 0 Å². The molecule has 0 aliphatic carbocycles. The number of amides is 1. The number of hydrogen-bond donors (Lipinski definition) is 2. The number of aryl methyl sites for hydroxylation is 1. The van der Waals surface area contributed by atoms with Crippen LogP contribution in [0.3, 0.4) is 0 Å². The molecule has 1 amide bonds. The molecule has 26 heavy (non-hydrogen) atoms. The van der Waals surface area contributed by atoms with Crippen LogP contribution in [0.1, 0.15) is 11.1 Å². The minimum Gasteiger partial charge on any atom is -0.496 e. The van der Waals surface area contributed by atoms with Gasteiger partial charge in [0.1, 0.15) is 5.75 Å². The Hall–Kier alpha value is -3.34. The van der Waals surface area contributed by atoms with Crippen molar-refractivity contribution in [3.63, 3.8) is 0 Å². The van der Waals surface area contributed by atoms with Crippen LogP contribution >= 0.6 is 0 Å². The highest BCUT2D eigenvalue weighted by molar-refractivity contribution is 6.02. The van der Waals surface area contributed by atoms with E-state index in [4.69, 9.17) is 4.74 Å². The Morgan fingerprint density at radius 1 is 1.04 bits per heavy atom. The van der Waals surface area contributed by atoms with Crippen LogP contribution in [-0.2, 0) is 4.79 Å². The molecule has 0 spiro atoms. The van der Waals surface area contributed by atoms with Gasteiger partial charge in [-0.3, -0.25) is 4.79 Å². The van der Waals surface area contributed by atoms with Gasteiger partial charge in [-0.15, -0.1) is 0 Å². The van der Waals surface area contributed by atoms with Crippen molar-refractivity contribution in [2.45, 2.75) is 6.92 Å². The van der Waals surface area contributed by atoms with Crippen molar-refractivity contribution in [2.75, 3.05) is 19.0 Å². The first-order valence-corrected chi connectivity index (χ1v) is 8.36. The van der Waals surface area contributed by atoms with E-state index in [1.54, 1.807) is 13.3 Å². The lowest BCUT2D eigenvalue weighted by Gasteiger charge is -2.08. The Morgan fingerprint density at radius 3 is 2.54 bits per heavy atom. The molecule has 0 radical (unpaired) electrons. The summed E-state index contributed by atoms with van der Waals surface area (Å²) in [7, 11) is 1.65. The summed E-state index contributed by atoms with van der Waals surface area (Å²) in [4.78, 5) is 12.0. The summed E-state index contributed by atoms with van der Waals surface area (Å²) in [6.45, 7) is 2.15. The van der Waals surface area contributed by atoms with Gasteiger partial charge in [-0.1, -0.05) is 42.5 Å². The van der Waals surface area contributed by atoms with Crippen molar-refractivity contribution in [1.29, 1.82) is 0 Å². The van der Waals surface area contributed by atoms with Crippen LogP contribution < -0.4 is 15.5 Å². The summed E-state index contributed by atoms with van der Waals surface area (Å²) >= 11 is 0. The Morgan fingerprint density at radius 2 is 1.77 bits per heavy atom.